The first-order valence-electron chi connectivity index (χ1n) is 4.14. The molecule has 1 aromatic carbocycles. The van der Waals surface area contributed by atoms with Crippen LogP contribution in [-0.2, 0) is 0 Å². The molecule has 0 aliphatic carbocycles. The summed E-state index contributed by atoms with van der Waals surface area (Å²) in [4.78, 5) is 0. The number of aliphatic hydroxyl groups is 1. The molecule has 0 heterocycles. The molecular weight excluding hydrogens is 164 g/mol. The smallest absolute Gasteiger partial charge is 0.121 e. The maximum Gasteiger partial charge on any atom is 0.121 e. The lowest BCUT2D eigenvalue weighted by molar-refractivity contribution is 0.229. The summed E-state index contributed by atoms with van der Waals surface area (Å²) in [6.07, 6.45) is 0.908. The van der Waals surface area contributed by atoms with Crippen molar-refractivity contribution in [2.24, 2.45) is 0 Å². The molecule has 2 heteroatoms. The second kappa shape index (κ2) is 4.10. The number of rotatable bonds is 3. The predicted octanol–water partition coefficient (Wildman–Crippen LogP) is 2.22. The molecule has 13 heavy (non-hydrogen) atoms. The number of ether oxygens (including phenoxy) is 1. The summed E-state index contributed by atoms with van der Waals surface area (Å²) in [5, 5.41) is 9.46. The van der Waals surface area contributed by atoms with Crippen LogP contribution in [0.1, 0.15) is 17.2 Å². The molecule has 1 unspecified atom stereocenters. The quantitative estimate of drug-likeness (QED) is 0.719. The van der Waals surface area contributed by atoms with Gasteiger partial charge in [-0.2, -0.15) is 0 Å². The normalized spacial score (nSPS) is 12.2. The second-order valence-corrected chi connectivity index (χ2v) is 2.91. The molecule has 70 valence electrons. The van der Waals surface area contributed by atoms with Gasteiger partial charge >= 0.3 is 0 Å². The number of hydrogen-bond donors (Lipinski definition) is 1. The zero-order valence-electron chi connectivity index (χ0n) is 7.95. The number of aliphatic hydroxyl groups excluding tert-OH is 1. The number of methoxy groups -OCH3 is 1. The summed E-state index contributed by atoms with van der Waals surface area (Å²) in [7, 11) is 1.63. The summed E-state index contributed by atoms with van der Waals surface area (Å²) in [6, 6.07) is 5.57. The molecule has 0 saturated carbocycles. The van der Waals surface area contributed by atoms with E-state index in [9.17, 15) is 5.11 Å². The molecule has 1 atom stereocenters. The Bertz CT molecular complexity index is 305. The van der Waals surface area contributed by atoms with E-state index < -0.39 is 6.10 Å². The van der Waals surface area contributed by atoms with Crippen molar-refractivity contribution in [3.8, 4) is 5.75 Å². The minimum atomic E-state index is -0.593. The lowest BCUT2D eigenvalue weighted by Crippen LogP contribution is -1.94. The third-order valence-electron chi connectivity index (χ3n) is 1.98. The number of hydrogen-bond acceptors (Lipinski definition) is 2. The summed E-state index contributed by atoms with van der Waals surface area (Å²) < 4.78 is 5.11. The van der Waals surface area contributed by atoms with Crippen LogP contribution in [0.25, 0.3) is 0 Å². The molecule has 0 amide bonds. The van der Waals surface area contributed by atoms with E-state index in [1.807, 2.05) is 25.1 Å². The molecule has 1 rings (SSSR count). The Morgan fingerprint density at radius 2 is 2.23 bits per heavy atom. The van der Waals surface area contributed by atoms with Gasteiger partial charge in [0, 0.05) is 0 Å². The third-order valence-corrected chi connectivity index (χ3v) is 1.98. The van der Waals surface area contributed by atoms with E-state index in [0.717, 1.165) is 16.9 Å². The molecule has 0 aromatic heterocycles. The highest BCUT2D eigenvalue weighted by Crippen LogP contribution is 2.22. The molecule has 0 fully saturated rings. The summed E-state index contributed by atoms with van der Waals surface area (Å²) >= 11 is 0. The minimum absolute atomic E-state index is 0.593. The monoisotopic (exact) mass is 178 g/mol. The van der Waals surface area contributed by atoms with Gasteiger partial charge in [0.2, 0.25) is 0 Å². The van der Waals surface area contributed by atoms with E-state index in [-0.39, 0.29) is 0 Å². The van der Waals surface area contributed by atoms with Gasteiger partial charge in [-0.05, 0) is 30.2 Å². The van der Waals surface area contributed by atoms with Crippen LogP contribution in [0, 0.1) is 6.92 Å². The maximum atomic E-state index is 9.46. The summed E-state index contributed by atoms with van der Waals surface area (Å²) in [5.41, 5.74) is 1.86. The van der Waals surface area contributed by atoms with Gasteiger partial charge < -0.3 is 9.84 Å². The van der Waals surface area contributed by atoms with E-state index in [1.54, 1.807) is 7.11 Å². The Morgan fingerprint density at radius 3 is 2.69 bits per heavy atom. The largest absolute Gasteiger partial charge is 0.496 e. The Hall–Kier alpha value is -1.28. The highest BCUT2D eigenvalue weighted by atomic mass is 16.5. The Labute approximate surface area is 78.5 Å². The van der Waals surface area contributed by atoms with E-state index in [1.165, 1.54) is 6.08 Å². The van der Waals surface area contributed by atoms with Gasteiger partial charge in [-0.1, -0.05) is 12.1 Å². The van der Waals surface area contributed by atoms with E-state index in [0.29, 0.717) is 0 Å². The lowest BCUT2D eigenvalue weighted by Gasteiger charge is -2.09. The molecule has 0 spiro atoms. The molecule has 0 bridgehead atoms. The molecule has 1 aromatic rings. The van der Waals surface area contributed by atoms with Gasteiger partial charge in [-0.25, -0.2) is 0 Å². The first kappa shape index (κ1) is 9.81. The zero-order chi connectivity index (χ0) is 9.84. The van der Waals surface area contributed by atoms with Crippen molar-refractivity contribution in [3.05, 3.63) is 42.0 Å². The first-order valence-corrected chi connectivity index (χ1v) is 4.14. The van der Waals surface area contributed by atoms with Crippen LogP contribution >= 0.6 is 0 Å². The van der Waals surface area contributed by atoms with Gasteiger partial charge in [0.25, 0.3) is 0 Å². The SMILES string of the molecule is C=CC(O)c1ccc(OC)c(C)c1. The van der Waals surface area contributed by atoms with Crippen molar-refractivity contribution in [3.63, 3.8) is 0 Å². The third kappa shape index (κ3) is 2.10. The van der Waals surface area contributed by atoms with Crippen LogP contribution in [0.5, 0.6) is 5.75 Å². The first-order chi connectivity index (χ1) is 6.19. The van der Waals surface area contributed by atoms with Crippen molar-refractivity contribution >= 4 is 0 Å². The zero-order valence-corrected chi connectivity index (χ0v) is 7.95. The highest BCUT2D eigenvalue weighted by molar-refractivity contribution is 5.37. The fourth-order valence-electron chi connectivity index (χ4n) is 1.22. The molecule has 0 aliphatic rings. The molecule has 0 saturated heterocycles. The van der Waals surface area contributed by atoms with Crippen molar-refractivity contribution in [2.75, 3.05) is 7.11 Å². The second-order valence-electron chi connectivity index (χ2n) is 2.91. The van der Waals surface area contributed by atoms with Crippen molar-refractivity contribution in [2.45, 2.75) is 13.0 Å². The highest BCUT2D eigenvalue weighted by Gasteiger charge is 2.04. The molecular formula is C11H14O2. The van der Waals surface area contributed by atoms with Crippen molar-refractivity contribution < 1.29 is 9.84 Å². The van der Waals surface area contributed by atoms with Gasteiger partial charge in [0.1, 0.15) is 5.75 Å². The van der Waals surface area contributed by atoms with Crippen LogP contribution in [0.15, 0.2) is 30.9 Å². The molecule has 0 radical (unpaired) electrons. The van der Waals surface area contributed by atoms with E-state index in [4.69, 9.17) is 4.74 Å². The molecule has 0 aliphatic heterocycles. The standard InChI is InChI=1S/C11H14O2/c1-4-10(12)9-5-6-11(13-3)8(2)7-9/h4-7,10,12H,1H2,2-3H3. The maximum absolute atomic E-state index is 9.46. The Kier molecular flexibility index (Phi) is 3.09. The van der Waals surface area contributed by atoms with E-state index >= 15 is 0 Å². The average Bonchev–Trinajstić information content (AvgIpc) is 2.16. The van der Waals surface area contributed by atoms with Crippen molar-refractivity contribution in [1.82, 2.24) is 0 Å². The number of benzene rings is 1. The van der Waals surface area contributed by atoms with Crippen LogP contribution in [-0.4, -0.2) is 12.2 Å². The fraction of sp³-hybridized carbons (Fsp3) is 0.273. The Balaban J connectivity index is 3.02. The molecule has 2 nitrogen and oxygen atoms in total. The Morgan fingerprint density at radius 1 is 1.54 bits per heavy atom. The van der Waals surface area contributed by atoms with Crippen LogP contribution in [0.3, 0.4) is 0 Å². The fourth-order valence-corrected chi connectivity index (χ4v) is 1.22. The van der Waals surface area contributed by atoms with Gasteiger partial charge in [-0.3, -0.25) is 0 Å². The van der Waals surface area contributed by atoms with Crippen LogP contribution < -0.4 is 4.74 Å². The number of aryl methyl sites for hydroxylation is 1. The topological polar surface area (TPSA) is 29.5 Å². The summed E-state index contributed by atoms with van der Waals surface area (Å²) in [5.74, 6) is 0.833. The van der Waals surface area contributed by atoms with E-state index in [2.05, 4.69) is 6.58 Å². The average molecular weight is 178 g/mol. The predicted molar refractivity (Wildman–Crippen MR) is 52.9 cm³/mol. The van der Waals surface area contributed by atoms with Gasteiger partial charge in [-0.15, -0.1) is 6.58 Å². The van der Waals surface area contributed by atoms with Crippen molar-refractivity contribution in [1.29, 1.82) is 0 Å². The minimum Gasteiger partial charge on any atom is -0.496 e. The van der Waals surface area contributed by atoms with Gasteiger partial charge in [0.15, 0.2) is 0 Å². The van der Waals surface area contributed by atoms with Crippen LogP contribution in [0.4, 0.5) is 0 Å². The summed E-state index contributed by atoms with van der Waals surface area (Å²) in [6.45, 7) is 5.47. The lowest BCUT2D eigenvalue weighted by atomic mass is 10.1. The van der Waals surface area contributed by atoms with Gasteiger partial charge in [0.05, 0.1) is 13.2 Å². The molecule has 1 N–H and O–H groups in total. The van der Waals surface area contributed by atoms with Crippen LogP contribution in [0.2, 0.25) is 0 Å².